The van der Waals surface area contributed by atoms with E-state index in [-0.39, 0.29) is 0 Å². The molecule has 2 rings (SSSR count). The molecule has 1 unspecified atom stereocenters. The quantitative estimate of drug-likeness (QED) is 0.815. The van der Waals surface area contributed by atoms with Crippen molar-refractivity contribution in [3.05, 3.63) is 34.9 Å². The van der Waals surface area contributed by atoms with E-state index in [1.807, 2.05) is 0 Å². The van der Waals surface area contributed by atoms with Crippen LogP contribution >= 0.6 is 0 Å². The van der Waals surface area contributed by atoms with E-state index in [0.717, 1.165) is 26.0 Å². The van der Waals surface area contributed by atoms with Crippen LogP contribution in [-0.4, -0.2) is 19.8 Å². The molecule has 1 N–H and O–H groups in total. The molecule has 0 amide bonds. The molecule has 0 aromatic heterocycles. The molecule has 0 radical (unpaired) electrons. The second-order valence-corrected chi connectivity index (χ2v) is 4.34. The maximum atomic E-state index is 5.11. The molecule has 2 heteroatoms. The third kappa shape index (κ3) is 2.58. The van der Waals surface area contributed by atoms with Crippen LogP contribution in [0.2, 0.25) is 0 Å². The smallest absolute Gasteiger partial charge is 0.0477 e. The van der Waals surface area contributed by atoms with Crippen molar-refractivity contribution in [3.8, 4) is 0 Å². The highest BCUT2D eigenvalue weighted by Crippen LogP contribution is 2.19. The van der Waals surface area contributed by atoms with E-state index in [9.17, 15) is 0 Å². The second-order valence-electron chi connectivity index (χ2n) is 4.34. The Labute approximate surface area is 91.6 Å². The molecule has 15 heavy (non-hydrogen) atoms. The van der Waals surface area contributed by atoms with Crippen LogP contribution in [0.15, 0.2) is 18.2 Å². The van der Waals surface area contributed by atoms with Crippen molar-refractivity contribution >= 4 is 0 Å². The van der Waals surface area contributed by atoms with Gasteiger partial charge in [0.1, 0.15) is 0 Å². The van der Waals surface area contributed by atoms with Gasteiger partial charge >= 0.3 is 0 Å². The molecule has 0 bridgehead atoms. The molecule has 1 aromatic carbocycles. The minimum Gasteiger partial charge on any atom is -0.385 e. The van der Waals surface area contributed by atoms with E-state index < -0.39 is 0 Å². The number of hydrogen-bond donors (Lipinski definition) is 1. The van der Waals surface area contributed by atoms with Crippen LogP contribution in [0.5, 0.6) is 0 Å². The first-order chi connectivity index (χ1) is 7.29. The Morgan fingerprint density at radius 3 is 3.07 bits per heavy atom. The molecule has 1 heterocycles. The average Bonchev–Trinajstić information content (AvgIpc) is 2.26. The van der Waals surface area contributed by atoms with E-state index in [1.54, 1.807) is 7.11 Å². The molecule has 1 atom stereocenters. The number of fused-ring (bicyclic) bond motifs is 1. The summed E-state index contributed by atoms with van der Waals surface area (Å²) in [6.07, 6.45) is 2.24. The lowest BCUT2D eigenvalue weighted by Gasteiger charge is -2.26. The van der Waals surface area contributed by atoms with Crippen LogP contribution in [0.25, 0.3) is 0 Å². The van der Waals surface area contributed by atoms with E-state index in [4.69, 9.17) is 4.74 Å². The molecule has 82 valence electrons. The lowest BCUT2D eigenvalue weighted by molar-refractivity contribution is 0.181. The zero-order chi connectivity index (χ0) is 10.7. The minimum absolute atomic E-state index is 0.583. The summed E-state index contributed by atoms with van der Waals surface area (Å²) in [4.78, 5) is 0. The number of methoxy groups -OCH3 is 1. The normalized spacial score (nSPS) is 20.0. The molecular weight excluding hydrogens is 186 g/mol. The predicted molar refractivity (Wildman–Crippen MR) is 62.0 cm³/mol. The molecule has 0 saturated carbocycles. The average molecular weight is 205 g/mol. The first-order valence-corrected chi connectivity index (χ1v) is 5.60. The van der Waals surface area contributed by atoms with E-state index in [1.165, 1.54) is 16.7 Å². The van der Waals surface area contributed by atoms with Crippen molar-refractivity contribution in [2.75, 3.05) is 13.7 Å². The van der Waals surface area contributed by atoms with Gasteiger partial charge in [0.2, 0.25) is 0 Å². The highest BCUT2D eigenvalue weighted by atomic mass is 16.5. The number of nitrogens with one attached hydrogen (secondary N) is 1. The van der Waals surface area contributed by atoms with Crippen molar-refractivity contribution in [2.45, 2.75) is 32.4 Å². The summed E-state index contributed by atoms with van der Waals surface area (Å²) < 4.78 is 5.11. The number of aryl methyl sites for hydroxylation is 1. The molecule has 0 aliphatic carbocycles. The van der Waals surface area contributed by atoms with Crippen molar-refractivity contribution in [3.63, 3.8) is 0 Å². The van der Waals surface area contributed by atoms with Gasteiger partial charge in [-0.3, -0.25) is 0 Å². The summed E-state index contributed by atoms with van der Waals surface area (Å²) in [5.74, 6) is 0. The summed E-state index contributed by atoms with van der Waals surface area (Å²) in [7, 11) is 1.76. The van der Waals surface area contributed by atoms with Crippen molar-refractivity contribution in [1.82, 2.24) is 5.32 Å². The first-order valence-electron chi connectivity index (χ1n) is 5.60. The van der Waals surface area contributed by atoms with Crippen LogP contribution in [0, 0.1) is 6.92 Å². The summed E-state index contributed by atoms with van der Waals surface area (Å²) in [5, 5.41) is 3.56. The summed E-state index contributed by atoms with van der Waals surface area (Å²) >= 11 is 0. The van der Waals surface area contributed by atoms with Gasteiger partial charge in [0, 0.05) is 26.3 Å². The second kappa shape index (κ2) is 4.77. The molecule has 0 spiro atoms. The third-order valence-corrected chi connectivity index (χ3v) is 3.08. The molecular formula is C13H19NO. The Morgan fingerprint density at radius 1 is 1.40 bits per heavy atom. The van der Waals surface area contributed by atoms with Gasteiger partial charge in [-0.25, -0.2) is 0 Å². The Balaban J connectivity index is 2.03. The molecule has 1 aliphatic rings. The molecule has 0 fully saturated rings. The summed E-state index contributed by atoms with van der Waals surface area (Å²) in [6.45, 7) is 4.00. The van der Waals surface area contributed by atoms with Gasteiger partial charge in [-0.2, -0.15) is 0 Å². The SMILES string of the molecule is COCCC1Cc2ccc(C)cc2CN1. The minimum atomic E-state index is 0.583. The third-order valence-electron chi connectivity index (χ3n) is 3.08. The monoisotopic (exact) mass is 205 g/mol. The van der Waals surface area contributed by atoms with Gasteiger partial charge < -0.3 is 10.1 Å². The lowest BCUT2D eigenvalue weighted by Crippen LogP contribution is -2.36. The fraction of sp³-hybridized carbons (Fsp3) is 0.538. The van der Waals surface area contributed by atoms with Gasteiger partial charge in [0.25, 0.3) is 0 Å². The van der Waals surface area contributed by atoms with Gasteiger partial charge in [-0.05, 0) is 30.9 Å². The van der Waals surface area contributed by atoms with E-state index in [2.05, 4.69) is 30.4 Å². The molecule has 1 aliphatic heterocycles. The fourth-order valence-electron chi connectivity index (χ4n) is 2.17. The number of rotatable bonds is 3. The Kier molecular flexibility index (Phi) is 3.39. The Hall–Kier alpha value is -0.860. The Bertz CT molecular complexity index is 335. The Morgan fingerprint density at radius 2 is 2.27 bits per heavy atom. The van der Waals surface area contributed by atoms with Crippen LogP contribution in [0.1, 0.15) is 23.1 Å². The van der Waals surface area contributed by atoms with Crippen LogP contribution in [0.3, 0.4) is 0 Å². The van der Waals surface area contributed by atoms with E-state index in [0.29, 0.717) is 6.04 Å². The summed E-state index contributed by atoms with van der Waals surface area (Å²) in [5.41, 5.74) is 4.31. The van der Waals surface area contributed by atoms with Gasteiger partial charge in [0.15, 0.2) is 0 Å². The number of ether oxygens (including phenoxy) is 1. The fourth-order valence-corrected chi connectivity index (χ4v) is 2.17. The lowest BCUT2D eigenvalue weighted by atomic mass is 9.93. The van der Waals surface area contributed by atoms with Crippen LogP contribution in [-0.2, 0) is 17.7 Å². The molecule has 0 saturated heterocycles. The van der Waals surface area contributed by atoms with Gasteiger partial charge in [-0.1, -0.05) is 23.8 Å². The van der Waals surface area contributed by atoms with Gasteiger partial charge in [-0.15, -0.1) is 0 Å². The molecule has 1 aromatic rings. The largest absolute Gasteiger partial charge is 0.385 e. The van der Waals surface area contributed by atoms with Crippen LogP contribution in [0.4, 0.5) is 0 Å². The zero-order valence-corrected chi connectivity index (χ0v) is 9.55. The van der Waals surface area contributed by atoms with Crippen LogP contribution < -0.4 is 5.32 Å². The maximum Gasteiger partial charge on any atom is 0.0477 e. The first kappa shape index (κ1) is 10.7. The standard InChI is InChI=1S/C13H19NO/c1-10-3-4-11-8-13(5-6-15-2)14-9-12(11)7-10/h3-4,7,13-14H,5-6,8-9H2,1-2H3. The van der Waals surface area contributed by atoms with Gasteiger partial charge in [0.05, 0.1) is 0 Å². The number of benzene rings is 1. The highest BCUT2D eigenvalue weighted by Gasteiger charge is 2.17. The maximum absolute atomic E-state index is 5.11. The zero-order valence-electron chi connectivity index (χ0n) is 9.55. The summed E-state index contributed by atoms with van der Waals surface area (Å²) in [6, 6.07) is 7.35. The van der Waals surface area contributed by atoms with Crippen molar-refractivity contribution in [1.29, 1.82) is 0 Å². The van der Waals surface area contributed by atoms with Crippen molar-refractivity contribution in [2.24, 2.45) is 0 Å². The van der Waals surface area contributed by atoms with Crippen molar-refractivity contribution < 1.29 is 4.74 Å². The van der Waals surface area contributed by atoms with E-state index >= 15 is 0 Å². The predicted octanol–water partition coefficient (Wildman–Crippen LogP) is 2.05. The topological polar surface area (TPSA) is 21.3 Å². The highest BCUT2D eigenvalue weighted by molar-refractivity contribution is 5.33. The molecule has 2 nitrogen and oxygen atoms in total. The number of hydrogen-bond acceptors (Lipinski definition) is 2.